The van der Waals surface area contributed by atoms with Crippen molar-refractivity contribution in [2.75, 3.05) is 19.7 Å². The molecule has 1 saturated heterocycles. The Labute approximate surface area is 150 Å². The summed E-state index contributed by atoms with van der Waals surface area (Å²) in [5.41, 5.74) is 1.39. The van der Waals surface area contributed by atoms with E-state index >= 15 is 0 Å². The van der Waals surface area contributed by atoms with Crippen molar-refractivity contribution in [3.8, 4) is 5.75 Å². The van der Waals surface area contributed by atoms with Gasteiger partial charge in [-0.2, -0.15) is 0 Å². The number of fused-ring (bicyclic) bond motifs is 1. The van der Waals surface area contributed by atoms with E-state index in [9.17, 15) is 5.11 Å². The highest BCUT2D eigenvalue weighted by Gasteiger charge is 2.59. The summed E-state index contributed by atoms with van der Waals surface area (Å²) < 4.78 is 5.88. The van der Waals surface area contributed by atoms with E-state index in [0.717, 1.165) is 44.9 Å². The fraction of sp³-hybridized carbons (Fsp3) is 0.650. The molecule has 0 bridgehead atoms. The van der Waals surface area contributed by atoms with Crippen LogP contribution >= 0.6 is 0 Å². The average Bonchev–Trinajstić information content (AvgIpc) is 3.05. The molecule has 0 amide bonds. The lowest BCUT2D eigenvalue weighted by molar-refractivity contribution is -0.106. The van der Waals surface area contributed by atoms with E-state index in [1.807, 2.05) is 12.1 Å². The molecule has 2 aliphatic rings. The molecule has 1 aliphatic carbocycles. The van der Waals surface area contributed by atoms with Gasteiger partial charge in [-0.1, -0.05) is 26.0 Å². The minimum Gasteiger partial charge on any atom is -0.508 e. The molecule has 1 saturated carbocycles. The van der Waals surface area contributed by atoms with Crippen LogP contribution in [-0.4, -0.2) is 42.9 Å². The van der Waals surface area contributed by atoms with E-state index in [-0.39, 0.29) is 5.41 Å². The number of benzene rings is 1. The predicted octanol–water partition coefficient (Wildman–Crippen LogP) is 2.69. The Bertz CT molecular complexity index is 597. The van der Waals surface area contributed by atoms with Crippen LogP contribution < -0.4 is 10.6 Å². The number of phenolic OH excluding ortho intramolecular Hbond substituents is 1. The van der Waals surface area contributed by atoms with Crippen LogP contribution in [0.5, 0.6) is 5.75 Å². The molecule has 3 N–H and O–H groups in total. The highest BCUT2D eigenvalue weighted by Crippen LogP contribution is 2.52. The number of aromatic hydroxyl groups is 1. The monoisotopic (exact) mass is 345 g/mol. The van der Waals surface area contributed by atoms with Crippen molar-refractivity contribution < 1.29 is 9.84 Å². The normalized spacial score (nSPS) is 27.5. The van der Waals surface area contributed by atoms with Crippen molar-refractivity contribution in [3.63, 3.8) is 0 Å². The van der Waals surface area contributed by atoms with Crippen molar-refractivity contribution >= 4 is 5.96 Å². The summed E-state index contributed by atoms with van der Waals surface area (Å²) in [4.78, 5) is 4.75. The van der Waals surface area contributed by atoms with Crippen molar-refractivity contribution in [3.05, 3.63) is 29.8 Å². The molecule has 138 valence electrons. The largest absolute Gasteiger partial charge is 0.508 e. The smallest absolute Gasteiger partial charge is 0.191 e. The second-order valence-electron chi connectivity index (χ2n) is 7.72. The summed E-state index contributed by atoms with van der Waals surface area (Å²) in [6.45, 7) is 9.20. The molecule has 3 atom stereocenters. The van der Waals surface area contributed by atoms with E-state index in [4.69, 9.17) is 9.73 Å². The van der Waals surface area contributed by atoms with Crippen LogP contribution in [0.4, 0.5) is 0 Å². The predicted molar refractivity (Wildman–Crippen MR) is 101 cm³/mol. The molecule has 5 heteroatoms. The van der Waals surface area contributed by atoms with Gasteiger partial charge in [0.05, 0.1) is 6.10 Å². The van der Waals surface area contributed by atoms with Gasteiger partial charge in [-0.05, 0) is 43.9 Å². The Kier molecular flexibility index (Phi) is 5.52. The lowest BCUT2D eigenvalue weighted by atomic mass is 9.57. The first kappa shape index (κ1) is 18.1. The highest BCUT2D eigenvalue weighted by molar-refractivity contribution is 5.80. The van der Waals surface area contributed by atoms with E-state index in [0.29, 0.717) is 23.8 Å². The number of nitrogens with one attached hydrogen (secondary N) is 2. The zero-order valence-electron chi connectivity index (χ0n) is 15.6. The summed E-state index contributed by atoms with van der Waals surface area (Å²) in [6, 6.07) is 7.85. The molecule has 1 aliphatic heterocycles. The van der Waals surface area contributed by atoms with Gasteiger partial charge >= 0.3 is 0 Å². The third-order valence-electron chi connectivity index (χ3n) is 5.57. The molecular formula is C20H31N3O2. The number of guanidine groups is 1. The quantitative estimate of drug-likeness (QED) is 0.421. The number of ether oxygens (including phenoxy) is 1. The molecule has 0 spiro atoms. The van der Waals surface area contributed by atoms with Crippen LogP contribution in [0.15, 0.2) is 29.3 Å². The molecular weight excluding hydrogens is 314 g/mol. The minimum atomic E-state index is 0.156. The molecule has 25 heavy (non-hydrogen) atoms. The maximum absolute atomic E-state index is 9.33. The standard InChI is InChI=1S/C20H31N3O2/c1-4-21-19(22-12-5-6-14-7-9-15(24)10-8-14)23-17-16-11-13-25-18(16)20(17,2)3/h7-10,16-18,24H,4-6,11-13H2,1-3H3,(H2,21,22,23). The maximum atomic E-state index is 9.33. The van der Waals surface area contributed by atoms with Gasteiger partial charge in [0.25, 0.3) is 0 Å². The number of rotatable bonds is 6. The fourth-order valence-electron chi connectivity index (χ4n) is 4.22. The van der Waals surface area contributed by atoms with Crippen molar-refractivity contribution in [1.82, 2.24) is 10.6 Å². The Morgan fingerprint density at radius 1 is 1.32 bits per heavy atom. The van der Waals surface area contributed by atoms with Gasteiger partial charge in [0.15, 0.2) is 5.96 Å². The van der Waals surface area contributed by atoms with Crippen LogP contribution in [0.3, 0.4) is 0 Å². The van der Waals surface area contributed by atoms with E-state index < -0.39 is 0 Å². The Morgan fingerprint density at radius 2 is 2.08 bits per heavy atom. The Morgan fingerprint density at radius 3 is 2.80 bits per heavy atom. The zero-order chi connectivity index (χ0) is 17.9. The minimum absolute atomic E-state index is 0.156. The lowest BCUT2D eigenvalue weighted by Crippen LogP contribution is -2.67. The van der Waals surface area contributed by atoms with Gasteiger partial charge in [-0.15, -0.1) is 0 Å². The molecule has 1 aromatic carbocycles. The molecule has 1 aromatic rings. The Hall–Kier alpha value is -1.75. The second-order valence-corrected chi connectivity index (χ2v) is 7.72. The fourth-order valence-corrected chi connectivity index (χ4v) is 4.22. The second kappa shape index (κ2) is 7.65. The molecule has 0 aromatic heterocycles. The van der Waals surface area contributed by atoms with Gasteiger partial charge in [0.1, 0.15) is 5.75 Å². The number of aryl methyl sites for hydroxylation is 1. The number of aliphatic imine (C=N–C) groups is 1. The molecule has 2 fully saturated rings. The van der Waals surface area contributed by atoms with Crippen molar-refractivity contribution in [1.29, 1.82) is 0 Å². The van der Waals surface area contributed by atoms with Crippen molar-refractivity contribution in [2.45, 2.75) is 52.2 Å². The van der Waals surface area contributed by atoms with Gasteiger partial charge < -0.3 is 20.5 Å². The van der Waals surface area contributed by atoms with Gasteiger partial charge in [0.2, 0.25) is 0 Å². The molecule has 3 rings (SSSR count). The summed E-state index contributed by atoms with van der Waals surface area (Å²) in [7, 11) is 0. The summed E-state index contributed by atoms with van der Waals surface area (Å²) in [5.74, 6) is 1.84. The molecule has 3 unspecified atom stereocenters. The summed E-state index contributed by atoms with van der Waals surface area (Å²) in [6.07, 6.45) is 3.50. The van der Waals surface area contributed by atoms with Crippen molar-refractivity contribution in [2.24, 2.45) is 16.3 Å². The van der Waals surface area contributed by atoms with Crippen LogP contribution in [0.2, 0.25) is 0 Å². The summed E-state index contributed by atoms with van der Waals surface area (Å²) >= 11 is 0. The third-order valence-corrected chi connectivity index (χ3v) is 5.57. The third kappa shape index (κ3) is 3.92. The first-order valence-electron chi connectivity index (χ1n) is 9.46. The van der Waals surface area contributed by atoms with E-state index in [1.165, 1.54) is 5.56 Å². The summed E-state index contributed by atoms with van der Waals surface area (Å²) in [5, 5.41) is 16.4. The molecule has 0 radical (unpaired) electrons. The van der Waals surface area contributed by atoms with Gasteiger partial charge in [0, 0.05) is 37.1 Å². The zero-order valence-corrected chi connectivity index (χ0v) is 15.6. The van der Waals surface area contributed by atoms with Gasteiger partial charge in [-0.25, -0.2) is 0 Å². The Balaban J connectivity index is 1.52. The maximum Gasteiger partial charge on any atom is 0.191 e. The number of hydrogen-bond donors (Lipinski definition) is 3. The number of phenols is 1. The molecule has 5 nitrogen and oxygen atoms in total. The van der Waals surface area contributed by atoms with Crippen LogP contribution in [0, 0.1) is 11.3 Å². The van der Waals surface area contributed by atoms with Crippen LogP contribution in [0.25, 0.3) is 0 Å². The number of nitrogens with zero attached hydrogens (tertiary/aromatic N) is 1. The average molecular weight is 345 g/mol. The first-order valence-corrected chi connectivity index (χ1v) is 9.46. The molecule has 1 heterocycles. The highest BCUT2D eigenvalue weighted by atomic mass is 16.5. The first-order chi connectivity index (χ1) is 12.0. The van der Waals surface area contributed by atoms with Gasteiger partial charge in [-0.3, -0.25) is 4.99 Å². The van der Waals surface area contributed by atoms with Crippen LogP contribution in [0.1, 0.15) is 39.2 Å². The van der Waals surface area contributed by atoms with E-state index in [2.05, 4.69) is 31.4 Å². The van der Waals surface area contributed by atoms with E-state index in [1.54, 1.807) is 12.1 Å². The lowest BCUT2D eigenvalue weighted by Gasteiger charge is -2.54. The topological polar surface area (TPSA) is 65.9 Å². The number of hydrogen-bond acceptors (Lipinski definition) is 3. The van der Waals surface area contributed by atoms with Crippen LogP contribution in [-0.2, 0) is 11.2 Å². The SMILES string of the molecule is CCNC(=NCCCc1ccc(O)cc1)NC1C2CCOC2C1(C)C.